The van der Waals surface area contributed by atoms with Crippen LogP contribution in [0.1, 0.15) is 35.9 Å². The molecule has 0 N–H and O–H groups in total. The SMILES string of the molecule is [2H]c1c([2H])c(B2OC(C)(C)C(C)(C)O2)c2c([2H])c(-c3ccccc3)c([2H])c([2H])c2c1[2H]. The standard InChI is InChI=1S/C22H23BO2/c1-21(2)22(3,4)25-23(24-21)20-12-8-11-17-13-14-18(15-19(17)20)16-9-6-5-7-10-16/h5-15H,1-4H3/i8D,11D,12D,13D,14D,15D. The second kappa shape index (κ2) is 5.72. The Morgan fingerprint density at radius 1 is 0.840 bits per heavy atom. The molecule has 2 nitrogen and oxygen atoms in total. The third-order valence-corrected chi connectivity index (χ3v) is 5.02. The maximum Gasteiger partial charge on any atom is 0.495 e. The number of hydrogen-bond acceptors (Lipinski definition) is 2. The molecule has 0 aliphatic carbocycles. The maximum atomic E-state index is 8.94. The van der Waals surface area contributed by atoms with Crippen molar-refractivity contribution in [2.24, 2.45) is 0 Å². The highest BCUT2D eigenvalue weighted by Crippen LogP contribution is 2.37. The van der Waals surface area contributed by atoms with E-state index in [-0.39, 0.29) is 58.1 Å². The van der Waals surface area contributed by atoms with E-state index in [0.29, 0.717) is 5.56 Å². The molecular formula is C22H23BO2. The van der Waals surface area contributed by atoms with Gasteiger partial charge in [-0.25, -0.2) is 0 Å². The van der Waals surface area contributed by atoms with Crippen molar-refractivity contribution in [2.75, 3.05) is 0 Å². The monoisotopic (exact) mass is 336 g/mol. The summed E-state index contributed by atoms with van der Waals surface area (Å²) in [5, 5.41) is 0.157. The molecule has 126 valence electrons. The average molecular weight is 336 g/mol. The molecule has 0 amide bonds. The van der Waals surface area contributed by atoms with Crippen molar-refractivity contribution in [3.63, 3.8) is 0 Å². The van der Waals surface area contributed by atoms with Gasteiger partial charge in [0, 0.05) is 0 Å². The van der Waals surface area contributed by atoms with Crippen molar-refractivity contribution in [3.05, 3.63) is 66.6 Å². The summed E-state index contributed by atoms with van der Waals surface area (Å²) in [5.41, 5.74) is -0.414. The lowest BCUT2D eigenvalue weighted by Crippen LogP contribution is -2.41. The van der Waals surface area contributed by atoms with Gasteiger partial charge in [-0.3, -0.25) is 0 Å². The minimum atomic E-state index is -1.03. The van der Waals surface area contributed by atoms with E-state index in [0.717, 1.165) is 0 Å². The van der Waals surface area contributed by atoms with E-state index in [9.17, 15) is 0 Å². The lowest BCUT2D eigenvalue weighted by atomic mass is 9.75. The molecule has 1 fully saturated rings. The Kier molecular flexibility index (Phi) is 2.47. The highest BCUT2D eigenvalue weighted by molar-refractivity contribution is 6.65. The van der Waals surface area contributed by atoms with Crippen LogP contribution < -0.4 is 5.46 Å². The predicted molar refractivity (Wildman–Crippen MR) is 105 cm³/mol. The Labute approximate surface area is 158 Å². The number of benzene rings is 3. The van der Waals surface area contributed by atoms with E-state index in [1.54, 1.807) is 24.3 Å². The third kappa shape index (κ3) is 2.78. The predicted octanol–water partition coefficient (Wildman–Crippen LogP) is 4.81. The summed E-state index contributed by atoms with van der Waals surface area (Å²) in [6.07, 6.45) is 0. The second-order valence-electron chi connectivity index (χ2n) is 7.24. The zero-order chi connectivity index (χ0) is 22.9. The number of rotatable bonds is 2. The van der Waals surface area contributed by atoms with Crippen molar-refractivity contribution in [3.8, 4) is 11.1 Å². The fourth-order valence-corrected chi connectivity index (χ4v) is 2.81. The molecule has 4 rings (SSSR count). The molecule has 1 saturated heterocycles. The first-order chi connectivity index (χ1) is 14.4. The van der Waals surface area contributed by atoms with Crippen LogP contribution in [0.25, 0.3) is 21.9 Å². The van der Waals surface area contributed by atoms with Crippen LogP contribution in [-0.4, -0.2) is 18.3 Å². The summed E-state index contributed by atoms with van der Waals surface area (Å²) in [4.78, 5) is 0. The quantitative estimate of drug-likeness (QED) is 0.626. The molecule has 3 heteroatoms. The lowest BCUT2D eigenvalue weighted by Gasteiger charge is -2.32. The fraction of sp³-hybridized carbons (Fsp3) is 0.273. The molecule has 0 spiro atoms. The molecule has 0 aromatic heterocycles. The van der Waals surface area contributed by atoms with E-state index in [4.69, 9.17) is 17.5 Å². The normalized spacial score (nSPS) is 22.0. The highest BCUT2D eigenvalue weighted by Gasteiger charge is 2.52. The Morgan fingerprint density at radius 2 is 1.52 bits per heavy atom. The summed E-state index contributed by atoms with van der Waals surface area (Å²) in [6.45, 7) is 7.48. The number of hydrogen-bond donors (Lipinski definition) is 0. The molecule has 25 heavy (non-hydrogen) atoms. The van der Waals surface area contributed by atoms with Gasteiger partial charge in [0.25, 0.3) is 0 Å². The van der Waals surface area contributed by atoms with Gasteiger partial charge >= 0.3 is 7.12 Å². The van der Waals surface area contributed by atoms with Crippen LogP contribution >= 0.6 is 0 Å². The molecule has 0 radical (unpaired) electrons. The Bertz CT molecular complexity index is 1190. The van der Waals surface area contributed by atoms with Crippen molar-refractivity contribution >= 4 is 23.4 Å². The second-order valence-corrected chi connectivity index (χ2v) is 7.24. The van der Waals surface area contributed by atoms with Crippen molar-refractivity contribution in [2.45, 2.75) is 38.9 Å². The first kappa shape index (κ1) is 10.8. The zero-order valence-corrected chi connectivity index (χ0v) is 14.8. The molecular weight excluding hydrogens is 307 g/mol. The van der Waals surface area contributed by atoms with Gasteiger partial charge in [-0.1, -0.05) is 60.5 Å². The molecule has 1 heterocycles. The van der Waals surface area contributed by atoms with Crippen LogP contribution in [-0.2, 0) is 9.31 Å². The van der Waals surface area contributed by atoms with Crippen molar-refractivity contribution in [1.29, 1.82) is 0 Å². The van der Waals surface area contributed by atoms with E-state index in [2.05, 4.69) is 0 Å². The molecule has 0 bridgehead atoms. The Balaban J connectivity index is 2.14. The van der Waals surface area contributed by atoms with E-state index in [1.807, 2.05) is 33.8 Å². The number of fused-ring (bicyclic) bond motifs is 1. The van der Waals surface area contributed by atoms with Crippen molar-refractivity contribution in [1.82, 2.24) is 0 Å². The van der Waals surface area contributed by atoms with Gasteiger partial charge in [0.05, 0.1) is 19.4 Å². The van der Waals surface area contributed by atoms with Gasteiger partial charge in [0.1, 0.15) is 0 Å². The first-order valence-electron chi connectivity index (χ1n) is 11.3. The van der Waals surface area contributed by atoms with Gasteiger partial charge in [0.2, 0.25) is 0 Å². The zero-order valence-electron chi connectivity index (χ0n) is 20.8. The van der Waals surface area contributed by atoms with Gasteiger partial charge < -0.3 is 9.31 Å². The van der Waals surface area contributed by atoms with Crippen LogP contribution in [0.3, 0.4) is 0 Å². The van der Waals surface area contributed by atoms with Crippen LogP contribution in [0.2, 0.25) is 0 Å². The van der Waals surface area contributed by atoms with Gasteiger partial charge in [0.15, 0.2) is 0 Å². The van der Waals surface area contributed by atoms with Crippen LogP contribution in [0.4, 0.5) is 0 Å². The molecule has 0 saturated carbocycles. The van der Waals surface area contributed by atoms with E-state index >= 15 is 0 Å². The van der Waals surface area contributed by atoms with Gasteiger partial charge in [-0.15, -0.1) is 0 Å². The van der Waals surface area contributed by atoms with Crippen LogP contribution in [0, 0.1) is 0 Å². The minimum absolute atomic E-state index is 0.000364. The summed E-state index contributed by atoms with van der Waals surface area (Å²) in [7, 11) is -1.03. The van der Waals surface area contributed by atoms with Gasteiger partial charge in [-0.2, -0.15) is 0 Å². The van der Waals surface area contributed by atoms with Gasteiger partial charge in [-0.05, 0) is 61.1 Å². The molecule has 0 atom stereocenters. The minimum Gasteiger partial charge on any atom is -0.399 e. The summed E-state index contributed by atoms with van der Waals surface area (Å²) in [6, 6.07) is 7.42. The van der Waals surface area contributed by atoms with Crippen LogP contribution in [0.5, 0.6) is 0 Å². The summed E-state index contributed by atoms with van der Waals surface area (Å²) in [5.74, 6) is 0. The molecule has 3 aromatic rings. The topological polar surface area (TPSA) is 18.5 Å². The van der Waals surface area contributed by atoms with Crippen LogP contribution in [0.15, 0.2) is 66.6 Å². The first-order valence-corrected chi connectivity index (χ1v) is 8.33. The third-order valence-electron chi connectivity index (χ3n) is 5.02. The molecule has 1 aliphatic heterocycles. The highest BCUT2D eigenvalue weighted by atomic mass is 16.7. The molecule has 0 unspecified atom stereocenters. The smallest absolute Gasteiger partial charge is 0.399 e. The lowest BCUT2D eigenvalue weighted by molar-refractivity contribution is 0.00578. The Hall–Kier alpha value is -2.10. The average Bonchev–Trinajstić information content (AvgIpc) is 2.92. The van der Waals surface area contributed by atoms with E-state index < -0.39 is 18.3 Å². The van der Waals surface area contributed by atoms with Crippen molar-refractivity contribution < 1.29 is 17.5 Å². The summed E-state index contributed by atoms with van der Waals surface area (Å²) >= 11 is 0. The van der Waals surface area contributed by atoms with E-state index in [1.165, 1.54) is 0 Å². The summed E-state index contributed by atoms with van der Waals surface area (Å²) < 4.78 is 63.6. The molecule has 1 aliphatic rings. The maximum absolute atomic E-state index is 8.94. The fourth-order valence-electron chi connectivity index (χ4n) is 2.81. The Morgan fingerprint density at radius 3 is 2.20 bits per heavy atom. The molecule has 3 aromatic carbocycles. The largest absolute Gasteiger partial charge is 0.495 e.